The molecule has 0 saturated heterocycles. The number of hydrogen-bond acceptors (Lipinski definition) is 3. The molecule has 1 rings (SSSR count). The van der Waals surface area contributed by atoms with Crippen LogP contribution in [0.4, 0.5) is 0 Å². The van der Waals surface area contributed by atoms with Gasteiger partial charge < -0.3 is 15.6 Å². The van der Waals surface area contributed by atoms with E-state index in [4.69, 9.17) is 15.6 Å². The van der Waals surface area contributed by atoms with Crippen molar-refractivity contribution in [1.29, 1.82) is 0 Å². The maximum absolute atomic E-state index is 10.3. The molecule has 0 aliphatic heterocycles. The van der Waals surface area contributed by atoms with Gasteiger partial charge in [0, 0.05) is 12.5 Å². The highest BCUT2D eigenvalue weighted by Gasteiger charge is 2.00. The van der Waals surface area contributed by atoms with E-state index in [-0.39, 0.29) is 12.5 Å². The average Bonchev–Trinajstić information content (AvgIpc) is 2.34. The molecular weight excluding hydrogens is 242 g/mol. The van der Waals surface area contributed by atoms with Gasteiger partial charge in [0.2, 0.25) is 0 Å². The molecule has 0 spiro atoms. The average molecular weight is 265 g/mol. The highest BCUT2D eigenvalue weighted by atomic mass is 16.5. The summed E-state index contributed by atoms with van der Waals surface area (Å²) in [5, 5.41) is 8.50. The third-order valence-electron chi connectivity index (χ3n) is 2.78. The summed E-state index contributed by atoms with van der Waals surface area (Å²) in [5.74, 6) is 0.122. The molecule has 1 aromatic carbocycles. The van der Waals surface area contributed by atoms with Crippen molar-refractivity contribution in [3.63, 3.8) is 0 Å². The minimum Gasteiger partial charge on any atom is -0.494 e. The summed E-state index contributed by atoms with van der Waals surface area (Å²) in [7, 11) is 0. The maximum atomic E-state index is 10.3. The van der Waals surface area contributed by atoms with Crippen molar-refractivity contribution >= 4 is 5.97 Å². The van der Waals surface area contributed by atoms with Gasteiger partial charge in [0.25, 0.3) is 0 Å². The van der Waals surface area contributed by atoms with E-state index in [0.717, 1.165) is 25.0 Å². The summed E-state index contributed by atoms with van der Waals surface area (Å²) in [5.41, 5.74) is 6.95. The first kappa shape index (κ1) is 15.5. The van der Waals surface area contributed by atoms with Gasteiger partial charge in [0.1, 0.15) is 5.75 Å². The summed E-state index contributed by atoms with van der Waals surface area (Å²) in [6.45, 7) is 2.62. The van der Waals surface area contributed by atoms with E-state index in [1.54, 1.807) is 0 Å². The fourth-order valence-electron chi connectivity index (χ4n) is 1.84. The van der Waals surface area contributed by atoms with Gasteiger partial charge in [0.05, 0.1) is 6.61 Å². The molecule has 1 aromatic rings. The fraction of sp³-hybridized carbons (Fsp3) is 0.533. The van der Waals surface area contributed by atoms with Crippen LogP contribution in [0, 0.1) is 0 Å². The van der Waals surface area contributed by atoms with E-state index in [1.165, 1.54) is 5.56 Å². The summed E-state index contributed by atoms with van der Waals surface area (Å²) < 4.78 is 5.59. The molecule has 0 aliphatic rings. The lowest BCUT2D eigenvalue weighted by Crippen LogP contribution is -2.17. The van der Waals surface area contributed by atoms with Gasteiger partial charge in [-0.3, -0.25) is 4.79 Å². The monoisotopic (exact) mass is 265 g/mol. The van der Waals surface area contributed by atoms with E-state index in [9.17, 15) is 4.79 Å². The maximum Gasteiger partial charge on any atom is 0.303 e. The smallest absolute Gasteiger partial charge is 0.303 e. The minimum absolute atomic E-state index is 0.168. The van der Waals surface area contributed by atoms with Gasteiger partial charge in [-0.1, -0.05) is 12.1 Å². The van der Waals surface area contributed by atoms with E-state index >= 15 is 0 Å². The normalized spacial score (nSPS) is 12.1. The molecule has 19 heavy (non-hydrogen) atoms. The summed E-state index contributed by atoms with van der Waals surface area (Å²) in [6.07, 6.45) is 3.59. The van der Waals surface area contributed by atoms with Gasteiger partial charge in [0.15, 0.2) is 0 Å². The van der Waals surface area contributed by atoms with Crippen molar-refractivity contribution in [2.24, 2.45) is 5.73 Å². The van der Waals surface area contributed by atoms with Gasteiger partial charge in [-0.05, 0) is 50.3 Å². The van der Waals surface area contributed by atoms with Gasteiger partial charge in [-0.25, -0.2) is 0 Å². The second-order valence-corrected chi connectivity index (χ2v) is 4.88. The van der Waals surface area contributed by atoms with Crippen LogP contribution in [0.15, 0.2) is 24.3 Å². The van der Waals surface area contributed by atoms with E-state index < -0.39 is 5.97 Å². The van der Waals surface area contributed by atoms with Crippen LogP contribution < -0.4 is 10.5 Å². The molecule has 0 amide bonds. The molecule has 0 bridgehead atoms. The van der Waals surface area contributed by atoms with Crippen LogP contribution >= 0.6 is 0 Å². The van der Waals surface area contributed by atoms with E-state index in [0.29, 0.717) is 13.0 Å². The Morgan fingerprint density at radius 1 is 1.26 bits per heavy atom. The molecule has 4 nitrogen and oxygen atoms in total. The van der Waals surface area contributed by atoms with Crippen molar-refractivity contribution in [1.82, 2.24) is 0 Å². The van der Waals surface area contributed by atoms with Crippen LogP contribution in [0.25, 0.3) is 0 Å². The molecule has 0 radical (unpaired) electrons. The Balaban J connectivity index is 2.17. The number of aliphatic carboxylic acids is 1. The van der Waals surface area contributed by atoms with Crippen molar-refractivity contribution in [3.8, 4) is 5.75 Å². The Kier molecular flexibility index (Phi) is 6.97. The molecule has 106 valence electrons. The first-order chi connectivity index (χ1) is 9.08. The molecule has 1 unspecified atom stereocenters. The highest BCUT2D eigenvalue weighted by molar-refractivity contribution is 5.66. The number of unbranched alkanes of at least 4 members (excludes halogenated alkanes) is 2. The first-order valence-electron chi connectivity index (χ1n) is 6.77. The number of hydrogen-bond donors (Lipinski definition) is 2. The molecule has 0 fully saturated rings. The van der Waals surface area contributed by atoms with Crippen LogP contribution in [-0.2, 0) is 11.2 Å². The Morgan fingerprint density at radius 2 is 1.95 bits per heavy atom. The lowest BCUT2D eigenvalue weighted by Gasteiger charge is -2.08. The summed E-state index contributed by atoms with van der Waals surface area (Å²) >= 11 is 0. The first-order valence-corrected chi connectivity index (χ1v) is 6.77. The number of benzene rings is 1. The Bertz CT molecular complexity index is 373. The number of nitrogens with two attached hydrogens (primary N) is 1. The van der Waals surface area contributed by atoms with Gasteiger partial charge >= 0.3 is 5.97 Å². The quantitative estimate of drug-likeness (QED) is 0.673. The predicted octanol–water partition coefficient (Wildman–Crippen LogP) is 2.60. The lowest BCUT2D eigenvalue weighted by molar-refractivity contribution is -0.137. The molecular formula is C15H23NO3. The number of carboxylic acids is 1. The molecule has 1 atom stereocenters. The Hall–Kier alpha value is -1.55. The van der Waals surface area contributed by atoms with Crippen LogP contribution in [-0.4, -0.2) is 23.7 Å². The second kappa shape index (κ2) is 8.53. The van der Waals surface area contributed by atoms with E-state index in [2.05, 4.69) is 0 Å². The van der Waals surface area contributed by atoms with Crippen molar-refractivity contribution in [2.75, 3.05) is 6.61 Å². The number of ether oxygens (including phenoxy) is 1. The third-order valence-corrected chi connectivity index (χ3v) is 2.78. The zero-order valence-corrected chi connectivity index (χ0v) is 11.5. The highest BCUT2D eigenvalue weighted by Crippen LogP contribution is 2.14. The summed E-state index contributed by atoms with van der Waals surface area (Å²) in [4.78, 5) is 10.3. The molecule has 0 aromatic heterocycles. The topological polar surface area (TPSA) is 72.5 Å². The number of rotatable bonds is 9. The molecule has 0 aliphatic carbocycles. The lowest BCUT2D eigenvalue weighted by atomic mass is 10.1. The van der Waals surface area contributed by atoms with Crippen molar-refractivity contribution < 1.29 is 14.6 Å². The number of carbonyl (C=O) groups is 1. The largest absolute Gasteiger partial charge is 0.494 e. The van der Waals surface area contributed by atoms with Crippen LogP contribution in [0.1, 0.15) is 38.2 Å². The Labute approximate surface area is 114 Å². The molecule has 3 N–H and O–H groups in total. The number of carboxylic acid groups (broad SMARTS) is 1. The Morgan fingerprint density at radius 3 is 2.53 bits per heavy atom. The molecule has 4 heteroatoms. The van der Waals surface area contributed by atoms with Gasteiger partial charge in [-0.15, -0.1) is 0 Å². The zero-order chi connectivity index (χ0) is 14.1. The SMILES string of the molecule is CC(N)Cc1ccc(OCCCCCC(=O)O)cc1. The second-order valence-electron chi connectivity index (χ2n) is 4.88. The molecule has 0 saturated carbocycles. The zero-order valence-electron chi connectivity index (χ0n) is 11.5. The third kappa shape index (κ3) is 7.47. The van der Waals surface area contributed by atoms with Crippen LogP contribution in [0.2, 0.25) is 0 Å². The minimum atomic E-state index is -0.731. The van der Waals surface area contributed by atoms with Gasteiger partial charge in [-0.2, -0.15) is 0 Å². The standard InChI is InChI=1S/C15H23NO3/c1-12(16)11-13-6-8-14(9-7-13)19-10-4-2-3-5-15(17)18/h6-9,12H,2-5,10-11,16H2,1H3,(H,17,18). The van der Waals surface area contributed by atoms with Crippen molar-refractivity contribution in [2.45, 2.75) is 45.1 Å². The predicted molar refractivity (Wildman–Crippen MR) is 75.4 cm³/mol. The fourth-order valence-corrected chi connectivity index (χ4v) is 1.84. The van der Waals surface area contributed by atoms with Crippen LogP contribution in [0.3, 0.4) is 0 Å². The van der Waals surface area contributed by atoms with E-state index in [1.807, 2.05) is 31.2 Å². The summed E-state index contributed by atoms with van der Waals surface area (Å²) in [6, 6.07) is 8.14. The molecule has 0 heterocycles. The van der Waals surface area contributed by atoms with Crippen molar-refractivity contribution in [3.05, 3.63) is 29.8 Å². The van der Waals surface area contributed by atoms with Crippen LogP contribution in [0.5, 0.6) is 5.75 Å².